The van der Waals surface area contributed by atoms with E-state index in [4.69, 9.17) is 9.47 Å². The lowest BCUT2D eigenvalue weighted by Crippen LogP contribution is -2.32. The van der Waals surface area contributed by atoms with Crippen LogP contribution in [0.25, 0.3) is 0 Å². The van der Waals surface area contributed by atoms with E-state index in [0.29, 0.717) is 60.8 Å². The highest BCUT2D eigenvalue weighted by Crippen LogP contribution is 2.45. The molecule has 0 N–H and O–H groups in total. The molecule has 224 valence electrons. The van der Waals surface area contributed by atoms with Crippen molar-refractivity contribution in [1.29, 1.82) is 0 Å². The Bertz CT molecular complexity index is 1210. The normalized spacial score (nSPS) is 28.7. The van der Waals surface area contributed by atoms with Gasteiger partial charge >= 0.3 is 5.97 Å². The van der Waals surface area contributed by atoms with Crippen LogP contribution in [0.2, 0.25) is 0 Å². The number of rotatable bonds is 7. The maximum absolute atomic E-state index is 14.7. The van der Waals surface area contributed by atoms with E-state index < -0.39 is 23.3 Å². The fourth-order valence-corrected chi connectivity index (χ4v) is 7.59. The molecular formula is C34H42F4O3. The van der Waals surface area contributed by atoms with Crippen molar-refractivity contribution in [2.75, 3.05) is 6.61 Å². The second-order valence-corrected chi connectivity index (χ2v) is 12.4. The summed E-state index contributed by atoms with van der Waals surface area (Å²) in [4.78, 5) is 12.9. The molecule has 0 aromatic heterocycles. The molecule has 3 saturated carbocycles. The van der Waals surface area contributed by atoms with E-state index in [1.165, 1.54) is 0 Å². The first-order valence-electron chi connectivity index (χ1n) is 15.5. The lowest BCUT2D eigenvalue weighted by atomic mass is 9.69. The Kier molecular flexibility index (Phi) is 9.60. The van der Waals surface area contributed by atoms with Crippen molar-refractivity contribution in [2.24, 2.45) is 17.8 Å². The van der Waals surface area contributed by atoms with E-state index in [1.807, 2.05) is 0 Å². The summed E-state index contributed by atoms with van der Waals surface area (Å²) in [5.41, 5.74) is 1.19. The van der Waals surface area contributed by atoms with Crippen LogP contribution in [0, 0.1) is 47.9 Å². The molecule has 0 heterocycles. The third kappa shape index (κ3) is 6.59. The molecule has 3 aliphatic rings. The van der Waals surface area contributed by atoms with Crippen LogP contribution in [0.5, 0.6) is 5.75 Å². The van der Waals surface area contributed by atoms with Gasteiger partial charge in [0.1, 0.15) is 6.10 Å². The molecule has 3 aliphatic carbocycles. The van der Waals surface area contributed by atoms with Gasteiger partial charge in [-0.1, -0.05) is 18.2 Å². The summed E-state index contributed by atoms with van der Waals surface area (Å²) in [6.07, 6.45) is 9.99. The zero-order valence-electron chi connectivity index (χ0n) is 24.2. The van der Waals surface area contributed by atoms with Crippen LogP contribution in [0.4, 0.5) is 17.6 Å². The molecular weight excluding hydrogens is 532 g/mol. The number of halogens is 4. The maximum atomic E-state index is 14.7. The molecule has 0 saturated heterocycles. The van der Waals surface area contributed by atoms with Gasteiger partial charge in [-0.25, -0.2) is 13.2 Å². The van der Waals surface area contributed by atoms with Crippen LogP contribution < -0.4 is 4.74 Å². The average Bonchev–Trinajstić information content (AvgIpc) is 2.99. The third-order valence-electron chi connectivity index (χ3n) is 10.1. The number of ether oxygens (including phenoxy) is 2. The summed E-state index contributed by atoms with van der Waals surface area (Å²) < 4.78 is 68.7. The van der Waals surface area contributed by atoms with E-state index in [9.17, 15) is 22.4 Å². The van der Waals surface area contributed by atoms with Gasteiger partial charge in [-0.05, 0) is 137 Å². The second kappa shape index (κ2) is 13.2. The van der Waals surface area contributed by atoms with E-state index in [2.05, 4.69) is 0 Å². The minimum absolute atomic E-state index is 0.0260. The molecule has 0 radical (unpaired) electrons. The fourth-order valence-electron chi connectivity index (χ4n) is 7.59. The largest absolute Gasteiger partial charge is 0.491 e. The number of esters is 1. The number of aryl methyl sites for hydroxylation is 1. The van der Waals surface area contributed by atoms with Crippen molar-refractivity contribution in [3.8, 4) is 5.75 Å². The summed E-state index contributed by atoms with van der Waals surface area (Å²) in [5.74, 6) is -2.42. The lowest BCUT2D eigenvalue weighted by molar-refractivity contribution is -0.157. The molecule has 3 nitrogen and oxygen atoms in total. The topological polar surface area (TPSA) is 35.5 Å². The van der Waals surface area contributed by atoms with Gasteiger partial charge in [-0.3, -0.25) is 4.79 Å². The van der Waals surface area contributed by atoms with E-state index in [0.717, 1.165) is 51.4 Å². The Labute approximate surface area is 241 Å². The first-order chi connectivity index (χ1) is 19.8. The van der Waals surface area contributed by atoms with Gasteiger partial charge in [0, 0.05) is 0 Å². The first kappa shape index (κ1) is 29.9. The Morgan fingerprint density at radius 3 is 1.78 bits per heavy atom. The molecule has 2 aromatic carbocycles. The third-order valence-corrected chi connectivity index (χ3v) is 10.1. The van der Waals surface area contributed by atoms with Crippen molar-refractivity contribution in [1.82, 2.24) is 0 Å². The maximum Gasteiger partial charge on any atom is 0.309 e. The highest BCUT2D eigenvalue weighted by Gasteiger charge is 2.35. The Morgan fingerprint density at radius 2 is 1.20 bits per heavy atom. The number of hydrogen-bond acceptors (Lipinski definition) is 3. The summed E-state index contributed by atoms with van der Waals surface area (Å²) in [6.45, 7) is 3.60. The first-order valence-corrected chi connectivity index (χ1v) is 15.5. The van der Waals surface area contributed by atoms with Gasteiger partial charge in [-0.15, -0.1) is 0 Å². The van der Waals surface area contributed by atoms with Crippen LogP contribution >= 0.6 is 0 Å². The van der Waals surface area contributed by atoms with Crippen molar-refractivity contribution in [3.05, 3.63) is 64.2 Å². The minimum Gasteiger partial charge on any atom is -0.491 e. The highest BCUT2D eigenvalue weighted by molar-refractivity contribution is 5.72. The van der Waals surface area contributed by atoms with Crippen molar-refractivity contribution >= 4 is 5.97 Å². The van der Waals surface area contributed by atoms with Gasteiger partial charge in [0.25, 0.3) is 0 Å². The average molecular weight is 575 g/mol. The molecule has 0 spiro atoms. The van der Waals surface area contributed by atoms with Gasteiger partial charge in [-0.2, -0.15) is 4.39 Å². The molecule has 7 heteroatoms. The Hall–Kier alpha value is -2.57. The van der Waals surface area contributed by atoms with Crippen molar-refractivity contribution in [2.45, 2.75) is 109 Å². The predicted octanol–water partition coefficient (Wildman–Crippen LogP) is 9.30. The second-order valence-electron chi connectivity index (χ2n) is 12.4. The highest BCUT2D eigenvalue weighted by atomic mass is 19.2. The molecule has 3 fully saturated rings. The van der Waals surface area contributed by atoms with Gasteiger partial charge in [0.2, 0.25) is 5.82 Å². The summed E-state index contributed by atoms with van der Waals surface area (Å²) in [6, 6.07) is 6.53. The SMILES string of the molecule is CCOc1ccc(C2CCC(C3CCC(OC(=O)C4CCC(c5ccc(C)c(F)c5F)CC4)CC3)CC2)c(F)c1F. The standard InChI is InChI=1S/C34H42F4O3/c1-3-40-29-19-18-28(32(37)33(29)38)23-7-5-21(6-8-23)22-13-15-26(16-14-22)41-34(39)25-11-9-24(10-12-25)27-17-4-20(2)30(35)31(27)36/h4,17-19,21-26H,3,5-16H2,1-2H3. The zero-order valence-corrected chi connectivity index (χ0v) is 24.2. The Balaban J connectivity index is 1.05. The summed E-state index contributed by atoms with van der Waals surface area (Å²) in [5, 5.41) is 0. The van der Waals surface area contributed by atoms with E-state index in [1.54, 1.807) is 38.1 Å². The molecule has 0 unspecified atom stereocenters. The van der Waals surface area contributed by atoms with Crippen LogP contribution in [-0.2, 0) is 9.53 Å². The quantitative estimate of drug-likeness (QED) is 0.244. The molecule has 0 atom stereocenters. The minimum atomic E-state index is -0.886. The number of benzene rings is 2. The molecule has 0 aliphatic heterocycles. The van der Waals surface area contributed by atoms with Crippen LogP contribution in [-0.4, -0.2) is 18.7 Å². The monoisotopic (exact) mass is 574 g/mol. The van der Waals surface area contributed by atoms with Crippen LogP contribution in [0.1, 0.15) is 112 Å². The molecule has 41 heavy (non-hydrogen) atoms. The Morgan fingerprint density at radius 1 is 0.683 bits per heavy atom. The smallest absolute Gasteiger partial charge is 0.309 e. The summed E-state index contributed by atoms with van der Waals surface area (Å²) >= 11 is 0. The van der Waals surface area contributed by atoms with Gasteiger partial charge < -0.3 is 9.47 Å². The molecule has 2 aromatic rings. The summed E-state index contributed by atoms with van der Waals surface area (Å²) in [7, 11) is 0. The number of hydrogen-bond donors (Lipinski definition) is 0. The number of carbonyl (C=O) groups is 1. The van der Waals surface area contributed by atoms with Crippen molar-refractivity contribution < 1.29 is 31.8 Å². The number of carbonyl (C=O) groups excluding carboxylic acids is 1. The van der Waals surface area contributed by atoms with Crippen LogP contribution in [0.3, 0.4) is 0 Å². The van der Waals surface area contributed by atoms with Crippen molar-refractivity contribution in [3.63, 3.8) is 0 Å². The zero-order chi connectivity index (χ0) is 29.1. The fraction of sp³-hybridized carbons (Fsp3) is 0.618. The molecule has 0 bridgehead atoms. The lowest BCUT2D eigenvalue weighted by Gasteiger charge is -2.38. The predicted molar refractivity (Wildman–Crippen MR) is 150 cm³/mol. The molecule has 5 rings (SSSR count). The van der Waals surface area contributed by atoms with Crippen LogP contribution in [0.15, 0.2) is 24.3 Å². The van der Waals surface area contributed by atoms with Gasteiger partial charge in [0.15, 0.2) is 23.2 Å². The van der Waals surface area contributed by atoms with Gasteiger partial charge in [0.05, 0.1) is 12.5 Å². The van der Waals surface area contributed by atoms with E-state index in [-0.39, 0.29) is 35.6 Å². The molecule has 0 amide bonds. The van der Waals surface area contributed by atoms with E-state index >= 15 is 0 Å².